The van der Waals surface area contributed by atoms with Gasteiger partial charge in [-0.25, -0.2) is 0 Å². The van der Waals surface area contributed by atoms with Crippen molar-refractivity contribution in [3.05, 3.63) is 65.2 Å². The fourth-order valence-electron chi connectivity index (χ4n) is 2.14. The van der Waals surface area contributed by atoms with Gasteiger partial charge in [0.05, 0.1) is 5.38 Å². The van der Waals surface area contributed by atoms with Crippen LogP contribution >= 0.6 is 11.6 Å². The number of benzene rings is 2. The van der Waals surface area contributed by atoms with Crippen LogP contribution in [0.25, 0.3) is 0 Å². The number of carbonyl (C=O) groups is 1. The minimum absolute atomic E-state index is 0.0627. The minimum atomic E-state index is -0.0627. The van der Waals surface area contributed by atoms with Crippen LogP contribution in [0.3, 0.4) is 0 Å². The summed E-state index contributed by atoms with van der Waals surface area (Å²) in [5, 5.41) is -0.0627. The van der Waals surface area contributed by atoms with Crippen LogP contribution in [0.4, 0.5) is 5.69 Å². The van der Waals surface area contributed by atoms with Gasteiger partial charge in [-0.05, 0) is 36.2 Å². The fraction of sp³-hybridized carbons (Fsp3) is 0.235. The van der Waals surface area contributed by atoms with Gasteiger partial charge in [0, 0.05) is 24.8 Å². The SMILES string of the molecule is Cc1cc(N(C)CC(Cl)c2ccccc2)ccc1C=O. The molecular weight excluding hydrogens is 270 g/mol. The third kappa shape index (κ3) is 3.40. The monoisotopic (exact) mass is 287 g/mol. The first-order valence-corrected chi connectivity index (χ1v) is 7.01. The van der Waals surface area contributed by atoms with Crippen molar-refractivity contribution in [1.82, 2.24) is 0 Å². The number of rotatable bonds is 5. The highest BCUT2D eigenvalue weighted by molar-refractivity contribution is 6.21. The van der Waals surface area contributed by atoms with Gasteiger partial charge in [-0.1, -0.05) is 30.3 Å². The third-order valence-electron chi connectivity index (χ3n) is 3.42. The largest absolute Gasteiger partial charge is 0.373 e. The van der Waals surface area contributed by atoms with Crippen molar-refractivity contribution in [1.29, 1.82) is 0 Å². The van der Waals surface area contributed by atoms with Gasteiger partial charge in [0.25, 0.3) is 0 Å². The predicted molar refractivity (Wildman–Crippen MR) is 84.9 cm³/mol. The Hall–Kier alpha value is -1.80. The number of carbonyl (C=O) groups excluding carboxylic acids is 1. The summed E-state index contributed by atoms with van der Waals surface area (Å²) < 4.78 is 0. The van der Waals surface area contributed by atoms with E-state index in [0.29, 0.717) is 6.54 Å². The van der Waals surface area contributed by atoms with Crippen molar-refractivity contribution in [2.45, 2.75) is 12.3 Å². The number of alkyl halides is 1. The standard InChI is InChI=1S/C17H18ClNO/c1-13-10-16(9-8-15(13)12-20)19(2)11-17(18)14-6-4-3-5-7-14/h3-10,12,17H,11H2,1-2H3. The summed E-state index contributed by atoms with van der Waals surface area (Å²) in [6, 6.07) is 15.8. The van der Waals surface area contributed by atoms with Gasteiger partial charge in [0.2, 0.25) is 0 Å². The van der Waals surface area contributed by atoms with Gasteiger partial charge in [-0.15, -0.1) is 11.6 Å². The van der Waals surface area contributed by atoms with Crippen LogP contribution in [0.15, 0.2) is 48.5 Å². The second kappa shape index (κ2) is 6.58. The van der Waals surface area contributed by atoms with Crippen LogP contribution in [0.5, 0.6) is 0 Å². The summed E-state index contributed by atoms with van der Waals surface area (Å²) in [6.45, 7) is 2.65. The molecule has 0 bridgehead atoms. The Morgan fingerprint density at radius 1 is 1.20 bits per heavy atom. The molecule has 0 aliphatic rings. The van der Waals surface area contributed by atoms with Crippen LogP contribution in [-0.4, -0.2) is 19.9 Å². The summed E-state index contributed by atoms with van der Waals surface area (Å²) in [5.41, 5.74) is 3.89. The Kier molecular flexibility index (Phi) is 4.80. The number of hydrogen-bond acceptors (Lipinski definition) is 2. The molecule has 0 aliphatic heterocycles. The highest BCUT2D eigenvalue weighted by atomic mass is 35.5. The number of aldehydes is 1. The molecule has 104 valence electrons. The summed E-state index contributed by atoms with van der Waals surface area (Å²) in [5.74, 6) is 0. The Labute approximate surface area is 125 Å². The summed E-state index contributed by atoms with van der Waals surface area (Å²) in [6.07, 6.45) is 0.882. The lowest BCUT2D eigenvalue weighted by Gasteiger charge is -2.23. The van der Waals surface area contributed by atoms with E-state index in [-0.39, 0.29) is 5.38 Å². The maximum atomic E-state index is 10.8. The zero-order valence-corrected chi connectivity index (χ0v) is 12.5. The molecule has 0 saturated carbocycles. The molecule has 0 fully saturated rings. The average Bonchev–Trinajstić information content (AvgIpc) is 2.48. The molecule has 0 N–H and O–H groups in total. The van der Waals surface area contributed by atoms with E-state index in [1.54, 1.807) is 0 Å². The lowest BCUT2D eigenvalue weighted by atomic mass is 10.1. The topological polar surface area (TPSA) is 20.3 Å². The molecule has 20 heavy (non-hydrogen) atoms. The molecule has 0 spiro atoms. The maximum absolute atomic E-state index is 10.8. The predicted octanol–water partition coefficient (Wildman–Crippen LogP) is 4.22. The lowest BCUT2D eigenvalue weighted by molar-refractivity contribution is 0.112. The normalized spacial score (nSPS) is 11.9. The number of likely N-dealkylation sites (N-methyl/N-ethyl adjacent to an activating group) is 1. The van der Waals surface area contributed by atoms with E-state index in [1.165, 1.54) is 0 Å². The maximum Gasteiger partial charge on any atom is 0.150 e. The minimum Gasteiger partial charge on any atom is -0.373 e. The Bertz CT molecular complexity index is 583. The quantitative estimate of drug-likeness (QED) is 0.606. The highest BCUT2D eigenvalue weighted by Gasteiger charge is 2.11. The second-order valence-corrected chi connectivity index (χ2v) is 5.44. The molecule has 1 atom stereocenters. The number of nitrogens with zero attached hydrogens (tertiary/aromatic N) is 1. The molecule has 2 aromatic rings. The van der Waals surface area contributed by atoms with Crippen molar-refractivity contribution in [3.8, 4) is 0 Å². The van der Waals surface area contributed by atoms with Crippen LogP contribution in [0.2, 0.25) is 0 Å². The Morgan fingerprint density at radius 3 is 2.50 bits per heavy atom. The zero-order chi connectivity index (χ0) is 14.5. The lowest BCUT2D eigenvalue weighted by Crippen LogP contribution is -2.22. The van der Waals surface area contributed by atoms with E-state index in [9.17, 15) is 4.79 Å². The third-order valence-corrected chi connectivity index (χ3v) is 3.81. The number of aryl methyl sites for hydroxylation is 1. The van der Waals surface area contributed by atoms with E-state index < -0.39 is 0 Å². The highest BCUT2D eigenvalue weighted by Crippen LogP contribution is 2.24. The first-order chi connectivity index (χ1) is 9.61. The van der Waals surface area contributed by atoms with Gasteiger partial charge in [0.15, 0.2) is 0 Å². The van der Waals surface area contributed by atoms with Crippen molar-refractivity contribution in [2.75, 3.05) is 18.5 Å². The van der Waals surface area contributed by atoms with E-state index in [1.807, 2.05) is 62.5 Å². The molecule has 2 nitrogen and oxygen atoms in total. The molecule has 0 aromatic heterocycles. The second-order valence-electron chi connectivity index (χ2n) is 4.92. The Balaban J connectivity index is 2.10. The molecule has 0 aliphatic carbocycles. The summed E-state index contributed by atoms with van der Waals surface area (Å²) in [4.78, 5) is 12.9. The van der Waals surface area contributed by atoms with Gasteiger partial charge in [-0.2, -0.15) is 0 Å². The van der Waals surface area contributed by atoms with E-state index in [4.69, 9.17) is 11.6 Å². The van der Waals surface area contributed by atoms with Crippen molar-refractivity contribution >= 4 is 23.6 Å². The van der Waals surface area contributed by atoms with Gasteiger partial charge in [-0.3, -0.25) is 4.79 Å². The first kappa shape index (κ1) is 14.6. The van der Waals surface area contributed by atoms with Crippen molar-refractivity contribution in [3.63, 3.8) is 0 Å². The molecule has 2 aromatic carbocycles. The van der Waals surface area contributed by atoms with Crippen LogP contribution in [0.1, 0.15) is 26.9 Å². The molecular formula is C17H18ClNO. The molecule has 0 saturated heterocycles. The van der Waals surface area contributed by atoms with Crippen LogP contribution < -0.4 is 4.90 Å². The van der Waals surface area contributed by atoms with Crippen LogP contribution in [0, 0.1) is 6.92 Å². The van der Waals surface area contributed by atoms with E-state index >= 15 is 0 Å². The smallest absolute Gasteiger partial charge is 0.150 e. The van der Waals surface area contributed by atoms with Gasteiger partial charge in [0.1, 0.15) is 6.29 Å². The molecule has 2 rings (SSSR count). The van der Waals surface area contributed by atoms with Crippen molar-refractivity contribution in [2.24, 2.45) is 0 Å². The molecule has 0 amide bonds. The van der Waals surface area contributed by atoms with Gasteiger partial charge < -0.3 is 4.90 Å². The van der Waals surface area contributed by atoms with Crippen molar-refractivity contribution < 1.29 is 4.79 Å². The Morgan fingerprint density at radius 2 is 1.90 bits per heavy atom. The summed E-state index contributed by atoms with van der Waals surface area (Å²) >= 11 is 6.45. The number of halogens is 1. The molecule has 0 radical (unpaired) electrons. The first-order valence-electron chi connectivity index (χ1n) is 6.58. The van der Waals surface area contributed by atoms with E-state index in [2.05, 4.69) is 4.90 Å². The molecule has 1 unspecified atom stereocenters. The molecule has 3 heteroatoms. The van der Waals surface area contributed by atoms with Crippen LogP contribution in [-0.2, 0) is 0 Å². The summed E-state index contributed by atoms with van der Waals surface area (Å²) in [7, 11) is 2.01. The molecule has 0 heterocycles. The zero-order valence-electron chi connectivity index (χ0n) is 11.7. The van der Waals surface area contributed by atoms with E-state index in [0.717, 1.165) is 28.7 Å². The number of anilines is 1. The van der Waals surface area contributed by atoms with Gasteiger partial charge >= 0.3 is 0 Å². The number of hydrogen-bond donors (Lipinski definition) is 0. The fourth-order valence-corrected chi connectivity index (χ4v) is 2.50. The average molecular weight is 288 g/mol.